The van der Waals surface area contributed by atoms with Gasteiger partial charge >= 0.3 is 0 Å². The number of H-pyrrole nitrogens is 1. The van der Waals surface area contributed by atoms with Gasteiger partial charge in [-0.15, -0.1) is 0 Å². The van der Waals surface area contributed by atoms with Crippen molar-refractivity contribution in [2.24, 2.45) is 5.92 Å². The van der Waals surface area contributed by atoms with Crippen LogP contribution in [0.1, 0.15) is 35.5 Å². The molecule has 7 heteroatoms. The number of hydrogen-bond donors (Lipinski definition) is 1. The number of likely N-dealkylation sites (N-methyl/N-ethyl adjacent to an activating group) is 1. The molecule has 7 nitrogen and oxygen atoms in total. The first-order valence-corrected chi connectivity index (χ1v) is 9.88. The molecule has 2 aromatic rings. The number of aromatic amines is 1. The molecule has 2 aromatic heterocycles. The Morgan fingerprint density at radius 1 is 1.32 bits per heavy atom. The molecule has 28 heavy (non-hydrogen) atoms. The average molecular weight is 383 g/mol. The van der Waals surface area contributed by atoms with E-state index in [2.05, 4.69) is 15.2 Å². The van der Waals surface area contributed by atoms with Gasteiger partial charge in [-0.05, 0) is 44.4 Å². The standard InChI is InChI=1S/C21H29N5O2/c1-15-19(16(2)24-23-15)10-12-25(3)21(28)17-7-8-20(27)26(14-17)13-9-18-6-4-5-11-22-18/h4-6,11,17H,7-10,12-14H2,1-3H3,(H,23,24). The fourth-order valence-corrected chi connectivity index (χ4v) is 3.77. The molecule has 2 amide bonds. The largest absolute Gasteiger partial charge is 0.345 e. The number of amides is 2. The Bertz CT molecular complexity index is 798. The number of carbonyl (C=O) groups is 2. The molecule has 1 unspecified atom stereocenters. The molecule has 0 radical (unpaired) electrons. The van der Waals surface area contributed by atoms with Crippen molar-refractivity contribution in [2.75, 3.05) is 26.7 Å². The summed E-state index contributed by atoms with van der Waals surface area (Å²) in [7, 11) is 1.85. The summed E-state index contributed by atoms with van der Waals surface area (Å²) in [5.74, 6) is 0.124. The topological polar surface area (TPSA) is 82.2 Å². The summed E-state index contributed by atoms with van der Waals surface area (Å²) in [6, 6.07) is 5.79. The van der Waals surface area contributed by atoms with Crippen molar-refractivity contribution in [3.05, 3.63) is 47.0 Å². The van der Waals surface area contributed by atoms with E-state index >= 15 is 0 Å². The van der Waals surface area contributed by atoms with E-state index in [9.17, 15) is 9.59 Å². The van der Waals surface area contributed by atoms with Crippen LogP contribution in [-0.2, 0) is 22.4 Å². The molecule has 1 aliphatic rings. The molecule has 1 N–H and O–H groups in total. The number of hydrogen-bond acceptors (Lipinski definition) is 4. The fraction of sp³-hybridized carbons (Fsp3) is 0.524. The van der Waals surface area contributed by atoms with Gasteiger partial charge in [0.1, 0.15) is 0 Å². The molecule has 0 spiro atoms. The van der Waals surface area contributed by atoms with Crippen LogP contribution in [0.4, 0.5) is 0 Å². The molecule has 150 valence electrons. The maximum Gasteiger partial charge on any atom is 0.227 e. The van der Waals surface area contributed by atoms with Gasteiger partial charge in [0, 0.05) is 57.1 Å². The summed E-state index contributed by atoms with van der Waals surface area (Å²) in [5.41, 5.74) is 4.19. The predicted molar refractivity (Wildman–Crippen MR) is 107 cm³/mol. The zero-order valence-corrected chi connectivity index (χ0v) is 16.9. The highest BCUT2D eigenvalue weighted by atomic mass is 16.2. The molecule has 0 saturated carbocycles. The van der Waals surface area contributed by atoms with Crippen molar-refractivity contribution in [3.63, 3.8) is 0 Å². The van der Waals surface area contributed by atoms with Gasteiger partial charge in [-0.3, -0.25) is 19.7 Å². The van der Waals surface area contributed by atoms with E-state index in [1.165, 1.54) is 5.56 Å². The Kier molecular flexibility index (Phi) is 6.44. The van der Waals surface area contributed by atoms with Crippen molar-refractivity contribution in [2.45, 2.75) is 39.5 Å². The van der Waals surface area contributed by atoms with E-state index in [1.54, 1.807) is 11.1 Å². The number of aromatic nitrogens is 3. The smallest absolute Gasteiger partial charge is 0.227 e. The van der Waals surface area contributed by atoms with E-state index in [-0.39, 0.29) is 17.7 Å². The maximum absolute atomic E-state index is 12.9. The quantitative estimate of drug-likeness (QED) is 0.792. The Morgan fingerprint density at radius 3 is 2.82 bits per heavy atom. The summed E-state index contributed by atoms with van der Waals surface area (Å²) >= 11 is 0. The first kappa shape index (κ1) is 20.0. The molecule has 3 heterocycles. The van der Waals surface area contributed by atoms with Gasteiger partial charge in [0.15, 0.2) is 0 Å². The Morgan fingerprint density at radius 2 is 2.14 bits per heavy atom. The number of carbonyl (C=O) groups excluding carboxylic acids is 2. The fourth-order valence-electron chi connectivity index (χ4n) is 3.77. The monoisotopic (exact) mass is 383 g/mol. The third kappa shape index (κ3) is 4.77. The first-order valence-electron chi connectivity index (χ1n) is 9.88. The number of pyridine rings is 1. The number of aryl methyl sites for hydroxylation is 2. The molecular weight excluding hydrogens is 354 g/mol. The third-order valence-electron chi connectivity index (χ3n) is 5.57. The molecular formula is C21H29N5O2. The van der Waals surface area contributed by atoms with Crippen LogP contribution in [0.5, 0.6) is 0 Å². The second-order valence-corrected chi connectivity index (χ2v) is 7.57. The van der Waals surface area contributed by atoms with Crippen LogP contribution in [0.2, 0.25) is 0 Å². The van der Waals surface area contributed by atoms with E-state index in [4.69, 9.17) is 0 Å². The molecule has 3 rings (SSSR count). The minimum Gasteiger partial charge on any atom is -0.345 e. The predicted octanol–water partition coefficient (Wildman–Crippen LogP) is 1.90. The van der Waals surface area contributed by atoms with Crippen LogP contribution in [-0.4, -0.2) is 63.5 Å². The van der Waals surface area contributed by atoms with Crippen LogP contribution in [0.15, 0.2) is 24.4 Å². The maximum atomic E-state index is 12.9. The lowest BCUT2D eigenvalue weighted by molar-refractivity contribution is -0.142. The lowest BCUT2D eigenvalue weighted by Gasteiger charge is -2.34. The normalized spacial score (nSPS) is 17.0. The Balaban J connectivity index is 1.53. The summed E-state index contributed by atoms with van der Waals surface area (Å²) in [6.07, 6.45) is 4.32. The van der Waals surface area contributed by atoms with Crippen molar-refractivity contribution in [3.8, 4) is 0 Å². The number of rotatable bonds is 7. The highest BCUT2D eigenvalue weighted by molar-refractivity contribution is 5.83. The minimum atomic E-state index is -0.127. The number of piperidine rings is 1. The van der Waals surface area contributed by atoms with Crippen molar-refractivity contribution in [1.82, 2.24) is 25.0 Å². The SMILES string of the molecule is Cc1n[nH]c(C)c1CCN(C)C(=O)C1CCC(=O)N(CCc2ccccn2)C1. The second kappa shape index (κ2) is 8.99. The summed E-state index contributed by atoms with van der Waals surface area (Å²) in [4.78, 5) is 33.1. The van der Waals surface area contributed by atoms with Gasteiger partial charge in [-0.25, -0.2) is 0 Å². The summed E-state index contributed by atoms with van der Waals surface area (Å²) < 4.78 is 0. The molecule has 1 atom stereocenters. The van der Waals surface area contributed by atoms with Crippen molar-refractivity contribution >= 4 is 11.8 Å². The van der Waals surface area contributed by atoms with Gasteiger partial charge < -0.3 is 9.80 Å². The summed E-state index contributed by atoms with van der Waals surface area (Å²) in [5, 5.41) is 7.20. The number of nitrogens with zero attached hydrogens (tertiary/aromatic N) is 4. The first-order chi connectivity index (χ1) is 13.5. The molecule has 1 fully saturated rings. The highest BCUT2D eigenvalue weighted by Gasteiger charge is 2.31. The second-order valence-electron chi connectivity index (χ2n) is 7.57. The van der Waals surface area contributed by atoms with Crippen LogP contribution in [0.25, 0.3) is 0 Å². The zero-order chi connectivity index (χ0) is 20.1. The lowest BCUT2D eigenvalue weighted by atomic mass is 9.95. The van der Waals surface area contributed by atoms with Crippen LogP contribution < -0.4 is 0 Å². The van der Waals surface area contributed by atoms with E-state index in [0.717, 1.165) is 23.5 Å². The zero-order valence-electron chi connectivity index (χ0n) is 16.9. The van der Waals surface area contributed by atoms with Gasteiger partial charge in [0.2, 0.25) is 11.8 Å². The Labute approximate surface area is 166 Å². The molecule has 0 aromatic carbocycles. The molecule has 0 aliphatic carbocycles. The van der Waals surface area contributed by atoms with Crippen LogP contribution >= 0.6 is 0 Å². The lowest BCUT2D eigenvalue weighted by Crippen LogP contribution is -2.47. The van der Waals surface area contributed by atoms with E-state index in [0.29, 0.717) is 38.9 Å². The third-order valence-corrected chi connectivity index (χ3v) is 5.57. The van der Waals surface area contributed by atoms with Gasteiger partial charge in [-0.2, -0.15) is 5.10 Å². The van der Waals surface area contributed by atoms with Gasteiger partial charge in [-0.1, -0.05) is 6.07 Å². The van der Waals surface area contributed by atoms with Crippen molar-refractivity contribution < 1.29 is 9.59 Å². The molecule has 0 bridgehead atoms. The van der Waals surface area contributed by atoms with Gasteiger partial charge in [0.05, 0.1) is 11.6 Å². The average Bonchev–Trinajstić information content (AvgIpc) is 3.03. The number of likely N-dealkylation sites (tertiary alicyclic amines) is 1. The molecule has 1 aliphatic heterocycles. The van der Waals surface area contributed by atoms with Crippen LogP contribution in [0.3, 0.4) is 0 Å². The Hall–Kier alpha value is -2.70. The van der Waals surface area contributed by atoms with Crippen molar-refractivity contribution in [1.29, 1.82) is 0 Å². The molecule has 1 saturated heterocycles. The minimum absolute atomic E-state index is 0.120. The van der Waals surface area contributed by atoms with E-state index in [1.807, 2.05) is 44.0 Å². The highest BCUT2D eigenvalue weighted by Crippen LogP contribution is 2.20. The summed E-state index contributed by atoms with van der Waals surface area (Å²) in [6.45, 7) is 5.74. The van der Waals surface area contributed by atoms with Gasteiger partial charge in [0.25, 0.3) is 0 Å². The number of nitrogens with one attached hydrogen (secondary N) is 1. The van der Waals surface area contributed by atoms with Crippen LogP contribution in [0, 0.1) is 19.8 Å². The van der Waals surface area contributed by atoms with E-state index < -0.39 is 0 Å².